The smallest absolute Gasteiger partial charge is 0.214 e. The Morgan fingerprint density at radius 3 is 2.39 bits per heavy atom. The second-order valence-electron chi connectivity index (χ2n) is 6.16. The minimum Gasteiger partial charge on any atom is -0.457 e. The fourth-order valence-corrected chi connectivity index (χ4v) is 3.64. The molecule has 0 aromatic heterocycles. The summed E-state index contributed by atoms with van der Waals surface area (Å²) in [5, 5.41) is -0.414. The third kappa shape index (κ3) is 3.74. The van der Waals surface area contributed by atoms with E-state index in [4.69, 9.17) is 4.74 Å². The Hall–Kier alpha value is -1.85. The third-order valence-electron chi connectivity index (χ3n) is 4.04. The van der Waals surface area contributed by atoms with Crippen molar-refractivity contribution < 1.29 is 13.2 Å². The Kier molecular flexibility index (Phi) is 4.41. The van der Waals surface area contributed by atoms with Crippen LogP contribution in [0.4, 0.5) is 0 Å². The molecule has 0 heterocycles. The summed E-state index contributed by atoms with van der Waals surface area (Å²) in [5.41, 5.74) is 2.33. The van der Waals surface area contributed by atoms with Gasteiger partial charge in [0.25, 0.3) is 0 Å². The van der Waals surface area contributed by atoms with E-state index >= 15 is 0 Å². The SMILES string of the molecule is CC(C)S(=O)(=O)N[C@H]1Cc2ccc(Oc3ccccc3)cc2C1. The zero-order valence-electron chi connectivity index (χ0n) is 13.3. The highest BCUT2D eigenvalue weighted by molar-refractivity contribution is 7.90. The second kappa shape index (κ2) is 6.34. The number of sulfonamides is 1. The van der Waals surface area contributed by atoms with Crippen LogP contribution >= 0.6 is 0 Å². The highest BCUT2D eigenvalue weighted by Gasteiger charge is 2.27. The average molecular weight is 331 g/mol. The second-order valence-corrected chi connectivity index (χ2v) is 8.43. The number of fused-ring (bicyclic) bond motifs is 1. The molecule has 0 spiro atoms. The summed E-state index contributed by atoms with van der Waals surface area (Å²) < 4.78 is 32.7. The van der Waals surface area contributed by atoms with E-state index in [0.717, 1.165) is 23.5 Å². The molecule has 0 bridgehead atoms. The first-order chi connectivity index (χ1) is 10.9. The van der Waals surface area contributed by atoms with Crippen LogP contribution < -0.4 is 9.46 Å². The van der Waals surface area contributed by atoms with E-state index < -0.39 is 15.3 Å². The zero-order valence-corrected chi connectivity index (χ0v) is 14.1. The van der Waals surface area contributed by atoms with Crippen LogP contribution in [0.2, 0.25) is 0 Å². The van der Waals surface area contributed by atoms with Crippen LogP contribution in [0.1, 0.15) is 25.0 Å². The van der Waals surface area contributed by atoms with Crippen LogP contribution in [-0.4, -0.2) is 19.7 Å². The molecule has 0 fully saturated rings. The van der Waals surface area contributed by atoms with Gasteiger partial charge in [0.1, 0.15) is 11.5 Å². The lowest BCUT2D eigenvalue weighted by atomic mass is 10.1. The van der Waals surface area contributed by atoms with Crippen LogP contribution in [0.3, 0.4) is 0 Å². The Morgan fingerprint density at radius 1 is 1.00 bits per heavy atom. The van der Waals surface area contributed by atoms with Crippen LogP contribution in [0.25, 0.3) is 0 Å². The number of ether oxygens (including phenoxy) is 1. The molecule has 0 aliphatic heterocycles. The minimum absolute atomic E-state index is 0.0654. The Labute approximate surface area is 137 Å². The lowest BCUT2D eigenvalue weighted by molar-refractivity contribution is 0.482. The predicted octanol–water partition coefficient (Wildman–Crippen LogP) is 3.27. The molecule has 0 saturated carbocycles. The van der Waals surface area contributed by atoms with E-state index in [1.54, 1.807) is 13.8 Å². The molecule has 1 N–H and O–H groups in total. The molecule has 2 aromatic rings. The summed E-state index contributed by atoms with van der Waals surface area (Å²) >= 11 is 0. The average Bonchev–Trinajstić information content (AvgIpc) is 2.88. The molecule has 23 heavy (non-hydrogen) atoms. The van der Waals surface area contributed by atoms with E-state index in [1.807, 2.05) is 48.5 Å². The molecule has 1 atom stereocenters. The van der Waals surface area contributed by atoms with E-state index in [2.05, 4.69) is 4.72 Å². The molecule has 3 rings (SSSR count). The molecule has 5 heteroatoms. The van der Waals surface area contributed by atoms with Gasteiger partial charge in [-0.2, -0.15) is 0 Å². The maximum absolute atomic E-state index is 12.0. The lowest BCUT2D eigenvalue weighted by Gasteiger charge is -2.14. The minimum atomic E-state index is -3.24. The maximum Gasteiger partial charge on any atom is 0.214 e. The van der Waals surface area contributed by atoms with Gasteiger partial charge in [-0.05, 0) is 62.1 Å². The van der Waals surface area contributed by atoms with Crippen LogP contribution in [-0.2, 0) is 22.9 Å². The predicted molar refractivity (Wildman–Crippen MR) is 91.3 cm³/mol. The summed E-state index contributed by atoms with van der Waals surface area (Å²) in [5.74, 6) is 1.57. The first-order valence-electron chi connectivity index (χ1n) is 7.80. The Balaban J connectivity index is 1.71. The van der Waals surface area contributed by atoms with Gasteiger partial charge in [-0.3, -0.25) is 0 Å². The van der Waals surface area contributed by atoms with Gasteiger partial charge in [0.05, 0.1) is 5.25 Å². The third-order valence-corrected chi connectivity index (χ3v) is 5.94. The first-order valence-corrected chi connectivity index (χ1v) is 9.34. The molecule has 0 amide bonds. The van der Waals surface area contributed by atoms with Crippen molar-refractivity contribution in [3.05, 3.63) is 59.7 Å². The van der Waals surface area contributed by atoms with Crippen molar-refractivity contribution in [2.75, 3.05) is 0 Å². The number of hydrogen-bond donors (Lipinski definition) is 1. The molecule has 1 aliphatic rings. The van der Waals surface area contributed by atoms with Crippen LogP contribution in [0, 0.1) is 0 Å². The Morgan fingerprint density at radius 2 is 1.70 bits per heavy atom. The van der Waals surface area contributed by atoms with E-state index in [-0.39, 0.29) is 6.04 Å². The molecule has 0 unspecified atom stereocenters. The quantitative estimate of drug-likeness (QED) is 0.915. The highest BCUT2D eigenvalue weighted by Crippen LogP contribution is 2.29. The lowest BCUT2D eigenvalue weighted by Crippen LogP contribution is -2.39. The van der Waals surface area contributed by atoms with Crippen molar-refractivity contribution in [2.24, 2.45) is 0 Å². The normalized spacial score (nSPS) is 17.3. The first kappa shape index (κ1) is 16.0. The van der Waals surface area contributed by atoms with Crippen molar-refractivity contribution in [3.63, 3.8) is 0 Å². The van der Waals surface area contributed by atoms with Crippen LogP contribution in [0.5, 0.6) is 11.5 Å². The van der Waals surface area contributed by atoms with Gasteiger partial charge in [-0.1, -0.05) is 24.3 Å². The molecular weight excluding hydrogens is 310 g/mol. The molecule has 4 nitrogen and oxygen atoms in total. The van der Waals surface area contributed by atoms with Crippen molar-refractivity contribution in [3.8, 4) is 11.5 Å². The molecule has 2 aromatic carbocycles. The summed E-state index contributed by atoms with van der Waals surface area (Å²) in [7, 11) is -3.24. The molecule has 122 valence electrons. The monoisotopic (exact) mass is 331 g/mol. The van der Waals surface area contributed by atoms with Crippen molar-refractivity contribution >= 4 is 10.0 Å². The summed E-state index contributed by atoms with van der Waals surface area (Å²) in [6, 6.07) is 15.5. The largest absolute Gasteiger partial charge is 0.457 e. The Bertz CT molecular complexity index is 785. The van der Waals surface area contributed by atoms with E-state index in [0.29, 0.717) is 6.42 Å². The number of nitrogens with one attached hydrogen (secondary N) is 1. The van der Waals surface area contributed by atoms with Gasteiger partial charge < -0.3 is 4.74 Å². The number of rotatable bonds is 5. The van der Waals surface area contributed by atoms with Gasteiger partial charge in [0.2, 0.25) is 10.0 Å². The number of para-hydroxylation sites is 1. The van der Waals surface area contributed by atoms with Crippen molar-refractivity contribution in [1.82, 2.24) is 4.72 Å². The summed E-state index contributed by atoms with van der Waals surface area (Å²) in [4.78, 5) is 0. The fourth-order valence-electron chi connectivity index (χ4n) is 2.73. The maximum atomic E-state index is 12.0. The molecule has 0 radical (unpaired) electrons. The van der Waals surface area contributed by atoms with Gasteiger partial charge in [0.15, 0.2) is 0 Å². The van der Waals surface area contributed by atoms with Crippen molar-refractivity contribution in [1.29, 1.82) is 0 Å². The standard InChI is InChI=1S/C18H21NO3S/c1-13(2)23(20,21)19-16-10-14-8-9-18(12-15(14)11-16)22-17-6-4-3-5-7-17/h3-9,12-13,16,19H,10-11H2,1-2H3/t16-/m0/s1. The molecular formula is C18H21NO3S. The van der Waals surface area contributed by atoms with Gasteiger partial charge in [-0.15, -0.1) is 0 Å². The number of hydrogen-bond acceptors (Lipinski definition) is 3. The van der Waals surface area contributed by atoms with Gasteiger partial charge in [-0.25, -0.2) is 13.1 Å². The summed E-state index contributed by atoms with van der Waals surface area (Å²) in [6.07, 6.45) is 1.43. The van der Waals surface area contributed by atoms with E-state index in [1.165, 1.54) is 5.56 Å². The van der Waals surface area contributed by atoms with Crippen molar-refractivity contribution in [2.45, 2.75) is 38.0 Å². The number of benzene rings is 2. The molecule has 0 saturated heterocycles. The topological polar surface area (TPSA) is 55.4 Å². The summed E-state index contributed by atoms with van der Waals surface area (Å²) in [6.45, 7) is 3.38. The van der Waals surface area contributed by atoms with E-state index in [9.17, 15) is 8.42 Å². The molecule has 1 aliphatic carbocycles. The van der Waals surface area contributed by atoms with Crippen LogP contribution in [0.15, 0.2) is 48.5 Å². The zero-order chi connectivity index (χ0) is 16.4. The van der Waals surface area contributed by atoms with Gasteiger partial charge >= 0.3 is 0 Å². The highest BCUT2D eigenvalue weighted by atomic mass is 32.2. The fraction of sp³-hybridized carbons (Fsp3) is 0.333. The van der Waals surface area contributed by atoms with Gasteiger partial charge in [0, 0.05) is 6.04 Å².